The summed E-state index contributed by atoms with van der Waals surface area (Å²) in [6, 6.07) is 0. The monoisotopic (exact) mass is 684 g/mol. The van der Waals surface area contributed by atoms with Crippen molar-refractivity contribution < 1.29 is 43.9 Å². The van der Waals surface area contributed by atoms with Crippen molar-refractivity contribution >= 4 is 23.3 Å². The van der Waals surface area contributed by atoms with Crippen molar-refractivity contribution in [3.63, 3.8) is 0 Å². The van der Waals surface area contributed by atoms with Gasteiger partial charge in [-0.3, -0.25) is 19.2 Å². The summed E-state index contributed by atoms with van der Waals surface area (Å²) in [6.07, 6.45) is 9.84. The van der Waals surface area contributed by atoms with Gasteiger partial charge in [-0.25, -0.2) is 0 Å². The van der Waals surface area contributed by atoms with Gasteiger partial charge in [0.1, 0.15) is 17.5 Å². The van der Waals surface area contributed by atoms with Crippen LogP contribution in [0.5, 0.6) is 0 Å². The normalized spacial score (nSPS) is 34.9. The Morgan fingerprint density at radius 2 is 1.63 bits per heavy atom. The molecule has 0 radical (unpaired) electrons. The van der Waals surface area contributed by atoms with Crippen LogP contribution in [0.15, 0.2) is 35.6 Å². The number of esters is 1. The Balaban J connectivity index is 1.68. The maximum Gasteiger partial charge on any atom is 0.309 e. The van der Waals surface area contributed by atoms with E-state index in [4.69, 9.17) is 14.5 Å². The van der Waals surface area contributed by atoms with E-state index in [1.165, 1.54) is 38.2 Å². The smallest absolute Gasteiger partial charge is 0.309 e. The second kappa shape index (κ2) is 14.5. The lowest BCUT2D eigenvalue weighted by Crippen LogP contribution is -2.66. The fourth-order valence-corrected chi connectivity index (χ4v) is 9.16. The lowest BCUT2D eigenvalue weighted by Gasteiger charge is -2.49. The minimum absolute atomic E-state index is 0.0740. The van der Waals surface area contributed by atoms with Crippen LogP contribution >= 0.6 is 0 Å². The number of Topliss-reactive ketones (excluding diaryl/α,β-unsaturated/α-hetero) is 3. The van der Waals surface area contributed by atoms with E-state index in [0.29, 0.717) is 17.8 Å². The molecule has 2 bridgehead atoms. The molecule has 9 heteroatoms. The van der Waals surface area contributed by atoms with E-state index < -0.39 is 81.2 Å². The zero-order valence-electron chi connectivity index (χ0n) is 31.2. The van der Waals surface area contributed by atoms with E-state index in [1.807, 2.05) is 34.6 Å². The summed E-state index contributed by atoms with van der Waals surface area (Å²) in [5, 5.41) is 24.9. The van der Waals surface area contributed by atoms with Crippen LogP contribution in [0.2, 0.25) is 0 Å². The molecule has 4 aliphatic rings. The molecule has 1 spiro atoms. The van der Waals surface area contributed by atoms with Crippen LogP contribution in [0.3, 0.4) is 0 Å². The van der Waals surface area contributed by atoms with Gasteiger partial charge in [-0.1, -0.05) is 112 Å². The third kappa shape index (κ3) is 6.41. The van der Waals surface area contributed by atoms with Gasteiger partial charge in [0.25, 0.3) is 0 Å². The van der Waals surface area contributed by atoms with E-state index >= 15 is 4.79 Å². The van der Waals surface area contributed by atoms with Crippen LogP contribution in [-0.4, -0.2) is 56.9 Å². The number of unbranched alkanes of at least 4 members (excludes halogenated alkanes) is 7. The molecule has 0 heterocycles. The second-order valence-corrected chi connectivity index (χ2v) is 16.4. The quantitative estimate of drug-likeness (QED) is 0.0318. The number of aliphatic hydroxyl groups excluding tert-OH is 1. The molecule has 4 rings (SSSR count). The molecule has 0 aromatic rings. The SMILES string of the molecule is C=C(CCCCCCCCCC)OO[C@@]12C[C@@H](C)C34C=C(C)[C@H](OC(=O)C(C)C(C)C)[C@@]3(O)[C@H](O)C(C(=O)C(C)=O)=C[C@H](C4=O)[C@@H]1C2(C)C. The number of aliphatic hydroxyl groups is 2. The number of hydrogen-bond acceptors (Lipinski definition) is 9. The highest BCUT2D eigenvalue weighted by Gasteiger charge is 2.83. The van der Waals surface area contributed by atoms with Crippen LogP contribution in [0.25, 0.3) is 0 Å². The van der Waals surface area contributed by atoms with Crippen molar-refractivity contribution in [1.29, 1.82) is 0 Å². The molecule has 0 aliphatic heterocycles. The van der Waals surface area contributed by atoms with Crippen molar-refractivity contribution in [1.82, 2.24) is 0 Å². The molecule has 0 amide bonds. The van der Waals surface area contributed by atoms with Crippen molar-refractivity contribution in [2.45, 2.75) is 150 Å². The van der Waals surface area contributed by atoms with Crippen molar-refractivity contribution in [3.8, 4) is 0 Å². The van der Waals surface area contributed by atoms with Crippen LogP contribution < -0.4 is 0 Å². The Morgan fingerprint density at radius 1 is 1.04 bits per heavy atom. The Morgan fingerprint density at radius 3 is 2.20 bits per heavy atom. The predicted octanol–water partition coefficient (Wildman–Crippen LogP) is 6.94. The minimum Gasteiger partial charge on any atom is -0.454 e. The van der Waals surface area contributed by atoms with Gasteiger partial charge >= 0.3 is 5.97 Å². The zero-order chi connectivity index (χ0) is 36.7. The number of ether oxygens (including phenoxy) is 1. The minimum atomic E-state index is -2.46. The molecule has 2 fully saturated rings. The lowest BCUT2D eigenvalue weighted by atomic mass is 9.58. The van der Waals surface area contributed by atoms with Crippen molar-refractivity contribution in [3.05, 3.63) is 35.6 Å². The summed E-state index contributed by atoms with van der Waals surface area (Å²) >= 11 is 0. The number of fused-ring (bicyclic) bond motifs is 3. The average molecular weight is 685 g/mol. The van der Waals surface area contributed by atoms with E-state index in [2.05, 4.69) is 13.5 Å². The number of carbonyl (C=O) groups excluding carboxylic acids is 4. The van der Waals surface area contributed by atoms with E-state index in [-0.39, 0.29) is 17.9 Å². The third-order valence-corrected chi connectivity index (χ3v) is 12.6. The zero-order valence-corrected chi connectivity index (χ0v) is 31.2. The third-order valence-electron chi connectivity index (χ3n) is 12.6. The van der Waals surface area contributed by atoms with Crippen LogP contribution in [0.4, 0.5) is 0 Å². The molecule has 49 heavy (non-hydrogen) atoms. The Labute approximate surface area is 292 Å². The van der Waals surface area contributed by atoms with Gasteiger partial charge in [-0.05, 0) is 37.2 Å². The molecule has 0 saturated heterocycles. The number of rotatable bonds is 17. The molecule has 9 nitrogen and oxygen atoms in total. The van der Waals surface area contributed by atoms with Gasteiger partial charge in [-0.2, -0.15) is 4.89 Å². The van der Waals surface area contributed by atoms with E-state index in [0.717, 1.165) is 26.2 Å². The van der Waals surface area contributed by atoms with Gasteiger partial charge in [-0.15, -0.1) is 0 Å². The molecule has 2 saturated carbocycles. The standard InChI is InChI=1S/C40H60O9/c1-11-12-13-14-15-16-17-18-19-26(6)48-49-39-22-25(5)38-21-24(4)35(47-36(45)27(7)23(2)3)40(38,46)34(44)29(31(42)28(8)41)20-30(33(38)43)32(39)37(39,9)10/h20-21,23,25,27,30,32,34-35,44,46H,6,11-19,22H2,1-5,7-10H3/t25-,27?,30+,32-,34-,35+,38?,39+,40+/m1/s1. The Bertz CT molecular complexity index is 1390. The fraction of sp³-hybridized carbons (Fsp3) is 0.750. The highest BCUT2D eigenvalue weighted by molar-refractivity contribution is 6.43. The number of allylic oxidation sites excluding steroid dienone is 2. The number of ketones is 3. The molecule has 274 valence electrons. The molecular weight excluding hydrogens is 624 g/mol. The summed E-state index contributed by atoms with van der Waals surface area (Å²) in [6.45, 7) is 20.3. The molecule has 2 unspecified atom stereocenters. The molecule has 9 atom stereocenters. The Kier molecular flexibility index (Phi) is 11.6. The molecule has 2 N–H and O–H groups in total. The number of carbonyl (C=O) groups is 4. The highest BCUT2D eigenvalue weighted by atomic mass is 17.2. The molecule has 0 aromatic carbocycles. The first kappa shape index (κ1) is 39.2. The largest absolute Gasteiger partial charge is 0.454 e. The van der Waals surface area contributed by atoms with E-state index in [1.54, 1.807) is 19.9 Å². The van der Waals surface area contributed by atoms with Gasteiger partial charge < -0.3 is 19.8 Å². The van der Waals surface area contributed by atoms with E-state index in [9.17, 15) is 24.6 Å². The number of hydrogen-bond donors (Lipinski definition) is 2. The Hall–Kier alpha value is -2.62. The first-order valence-electron chi connectivity index (χ1n) is 18.5. The second-order valence-electron chi connectivity index (χ2n) is 16.4. The summed E-state index contributed by atoms with van der Waals surface area (Å²) in [5.74, 6) is -5.19. The van der Waals surface area contributed by atoms with Gasteiger partial charge in [0, 0.05) is 36.2 Å². The van der Waals surface area contributed by atoms with Crippen LogP contribution in [-0.2, 0) is 33.7 Å². The molecular formula is C40H60O9. The maximum atomic E-state index is 15.0. The van der Waals surface area contributed by atoms with Crippen LogP contribution in [0.1, 0.15) is 127 Å². The predicted molar refractivity (Wildman–Crippen MR) is 186 cm³/mol. The molecule has 0 aromatic heterocycles. The highest BCUT2D eigenvalue weighted by Crippen LogP contribution is 2.75. The average Bonchev–Trinajstić information content (AvgIpc) is 3.46. The maximum absolute atomic E-state index is 15.0. The van der Waals surface area contributed by atoms with Crippen molar-refractivity contribution in [2.75, 3.05) is 0 Å². The molecule has 4 aliphatic carbocycles. The first-order chi connectivity index (χ1) is 22.9. The topological polar surface area (TPSA) is 136 Å². The summed E-state index contributed by atoms with van der Waals surface area (Å²) in [7, 11) is 0. The summed E-state index contributed by atoms with van der Waals surface area (Å²) < 4.78 is 5.96. The first-order valence-corrected chi connectivity index (χ1v) is 18.5. The lowest BCUT2D eigenvalue weighted by molar-refractivity contribution is -0.323. The van der Waals surface area contributed by atoms with Crippen molar-refractivity contribution in [2.24, 2.45) is 40.4 Å². The summed E-state index contributed by atoms with van der Waals surface area (Å²) in [5.41, 5.74) is -5.84. The summed E-state index contributed by atoms with van der Waals surface area (Å²) in [4.78, 5) is 66.6. The van der Waals surface area contributed by atoms with Gasteiger partial charge in [0.05, 0.1) is 11.3 Å². The van der Waals surface area contributed by atoms with Crippen LogP contribution in [0, 0.1) is 40.4 Å². The fourth-order valence-electron chi connectivity index (χ4n) is 9.16. The van der Waals surface area contributed by atoms with Gasteiger partial charge in [0.2, 0.25) is 5.78 Å². The van der Waals surface area contributed by atoms with Gasteiger partial charge in [0.15, 0.2) is 23.3 Å².